The van der Waals surface area contributed by atoms with Gasteiger partial charge in [-0.05, 0) is 19.3 Å². The number of rotatable bonds is 14. The van der Waals surface area contributed by atoms with Crippen LogP contribution in [0.2, 0.25) is 0 Å². The first kappa shape index (κ1) is 20.9. The summed E-state index contributed by atoms with van der Waals surface area (Å²) in [5, 5.41) is 37.5. The van der Waals surface area contributed by atoms with E-state index in [1.54, 1.807) is 0 Å². The molecule has 0 aliphatic carbocycles. The fraction of sp³-hybridized carbons (Fsp3) is 0.875. The number of carboxylic acid groups (broad SMARTS) is 2. The molecule has 0 aliphatic rings. The molecule has 0 rings (SSSR count). The number of carboxylic acids is 2. The van der Waals surface area contributed by atoms with E-state index in [4.69, 9.17) is 5.11 Å². The minimum Gasteiger partial charge on any atom is -0.481 e. The van der Waals surface area contributed by atoms with Crippen LogP contribution in [0.15, 0.2) is 0 Å². The number of aliphatic hydroxyl groups excluding tert-OH is 2. The average molecular weight is 318 g/mol. The molecule has 22 heavy (non-hydrogen) atoms. The van der Waals surface area contributed by atoms with Crippen molar-refractivity contribution in [2.75, 3.05) is 0 Å². The third kappa shape index (κ3) is 10.6. The summed E-state index contributed by atoms with van der Waals surface area (Å²) in [6, 6.07) is 0. The molecule has 0 aliphatic heterocycles. The fourth-order valence-corrected chi connectivity index (χ4v) is 2.49. The Kier molecular flexibility index (Phi) is 11.8. The first-order valence-corrected chi connectivity index (χ1v) is 8.19. The number of carbonyl (C=O) groups is 2. The van der Waals surface area contributed by atoms with Crippen molar-refractivity contribution >= 4 is 11.9 Å². The summed E-state index contributed by atoms with van der Waals surface area (Å²) >= 11 is 0. The molecule has 6 heteroatoms. The van der Waals surface area contributed by atoms with Crippen LogP contribution >= 0.6 is 0 Å². The second kappa shape index (κ2) is 12.4. The molecule has 4 N–H and O–H groups in total. The summed E-state index contributed by atoms with van der Waals surface area (Å²) in [6.07, 6.45) is 3.88. The highest BCUT2D eigenvalue weighted by Gasteiger charge is 2.27. The molecule has 0 aromatic heterocycles. The zero-order chi connectivity index (χ0) is 17.0. The maximum Gasteiger partial charge on any atom is 0.309 e. The number of hydrogen-bond acceptors (Lipinski definition) is 4. The Morgan fingerprint density at radius 2 is 1.55 bits per heavy atom. The van der Waals surface area contributed by atoms with E-state index >= 15 is 0 Å². The third-order valence-electron chi connectivity index (χ3n) is 3.84. The van der Waals surface area contributed by atoms with Crippen molar-refractivity contribution in [3.8, 4) is 0 Å². The second-order valence-corrected chi connectivity index (χ2v) is 5.89. The van der Waals surface area contributed by atoms with Crippen molar-refractivity contribution in [1.82, 2.24) is 0 Å². The fourth-order valence-electron chi connectivity index (χ4n) is 2.49. The van der Waals surface area contributed by atoms with E-state index in [0.717, 1.165) is 25.7 Å². The second-order valence-electron chi connectivity index (χ2n) is 5.89. The van der Waals surface area contributed by atoms with Crippen LogP contribution in [-0.4, -0.2) is 44.6 Å². The summed E-state index contributed by atoms with van der Waals surface area (Å²) < 4.78 is 0. The predicted octanol–water partition coefficient (Wildman–Crippen LogP) is 2.41. The van der Waals surface area contributed by atoms with Crippen LogP contribution in [0.3, 0.4) is 0 Å². The van der Waals surface area contributed by atoms with E-state index in [9.17, 15) is 24.9 Å². The molecule has 0 amide bonds. The van der Waals surface area contributed by atoms with Crippen molar-refractivity contribution in [2.24, 2.45) is 5.92 Å². The lowest BCUT2D eigenvalue weighted by molar-refractivity contribution is -0.147. The van der Waals surface area contributed by atoms with Gasteiger partial charge in [-0.1, -0.05) is 39.0 Å². The highest BCUT2D eigenvalue weighted by atomic mass is 16.4. The van der Waals surface area contributed by atoms with Crippen LogP contribution in [0.25, 0.3) is 0 Å². The van der Waals surface area contributed by atoms with Gasteiger partial charge in [0.25, 0.3) is 0 Å². The largest absolute Gasteiger partial charge is 0.481 e. The summed E-state index contributed by atoms with van der Waals surface area (Å²) in [5.74, 6) is -2.74. The van der Waals surface area contributed by atoms with Gasteiger partial charge >= 0.3 is 11.9 Å². The van der Waals surface area contributed by atoms with Gasteiger partial charge in [0.2, 0.25) is 0 Å². The van der Waals surface area contributed by atoms with Gasteiger partial charge in [0.1, 0.15) is 0 Å². The maximum absolute atomic E-state index is 11.2. The molecule has 0 aromatic rings. The molecule has 0 saturated carbocycles. The molecule has 0 aromatic carbocycles. The Morgan fingerprint density at radius 3 is 2.09 bits per heavy atom. The lowest BCUT2D eigenvalue weighted by Gasteiger charge is -2.21. The number of aliphatic carboxylic acids is 2. The van der Waals surface area contributed by atoms with E-state index in [1.807, 2.05) is 0 Å². The maximum atomic E-state index is 11.2. The van der Waals surface area contributed by atoms with E-state index < -0.39 is 30.1 Å². The summed E-state index contributed by atoms with van der Waals surface area (Å²) in [6.45, 7) is 2.07. The minimum absolute atomic E-state index is 0.0256. The van der Waals surface area contributed by atoms with E-state index in [2.05, 4.69) is 6.92 Å². The monoisotopic (exact) mass is 318 g/mol. The first-order chi connectivity index (χ1) is 10.4. The number of unbranched alkanes of at least 4 members (excludes halogenated alkanes) is 4. The van der Waals surface area contributed by atoms with Crippen molar-refractivity contribution in [1.29, 1.82) is 0 Å². The zero-order valence-electron chi connectivity index (χ0n) is 13.4. The Morgan fingerprint density at radius 1 is 0.909 bits per heavy atom. The molecule has 0 saturated heterocycles. The lowest BCUT2D eigenvalue weighted by atomic mass is 9.91. The molecule has 0 heterocycles. The normalized spacial score (nSPS) is 15.2. The van der Waals surface area contributed by atoms with Crippen molar-refractivity contribution in [3.05, 3.63) is 0 Å². The number of hydrogen-bond donors (Lipinski definition) is 4. The van der Waals surface area contributed by atoms with Crippen molar-refractivity contribution in [2.45, 2.75) is 83.3 Å². The van der Waals surface area contributed by atoms with Gasteiger partial charge in [0.05, 0.1) is 18.1 Å². The summed E-state index contributed by atoms with van der Waals surface area (Å²) in [4.78, 5) is 21.6. The highest BCUT2D eigenvalue weighted by molar-refractivity contribution is 5.70. The van der Waals surface area contributed by atoms with Crippen LogP contribution in [0.1, 0.15) is 71.1 Å². The Bertz CT molecular complexity index is 318. The van der Waals surface area contributed by atoms with E-state index in [1.165, 1.54) is 0 Å². The number of aliphatic hydroxyl groups is 2. The molecular formula is C16H30O6. The van der Waals surface area contributed by atoms with Gasteiger partial charge in [-0.15, -0.1) is 0 Å². The molecule has 0 fully saturated rings. The van der Waals surface area contributed by atoms with Crippen LogP contribution in [0, 0.1) is 5.92 Å². The molecule has 0 spiro atoms. The van der Waals surface area contributed by atoms with Crippen LogP contribution < -0.4 is 0 Å². The van der Waals surface area contributed by atoms with Crippen molar-refractivity contribution < 1.29 is 30.0 Å². The minimum atomic E-state index is -1.06. The Balaban J connectivity index is 4.06. The van der Waals surface area contributed by atoms with Crippen LogP contribution in [0.4, 0.5) is 0 Å². The van der Waals surface area contributed by atoms with E-state index in [-0.39, 0.29) is 12.8 Å². The molecule has 3 unspecified atom stereocenters. The molecule has 0 bridgehead atoms. The van der Waals surface area contributed by atoms with Crippen LogP contribution in [0.5, 0.6) is 0 Å². The van der Waals surface area contributed by atoms with Gasteiger partial charge in [-0.2, -0.15) is 0 Å². The quantitative estimate of drug-likeness (QED) is 0.366. The molecule has 0 radical (unpaired) electrons. The van der Waals surface area contributed by atoms with Gasteiger partial charge in [-0.3, -0.25) is 9.59 Å². The molecular weight excluding hydrogens is 288 g/mol. The summed E-state index contributed by atoms with van der Waals surface area (Å²) in [7, 11) is 0. The lowest BCUT2D eigenvalue weighted by Crippen LogP contribution is -2.31. The summed E-state index contributed by atoms with van der Waals surface area (Å²) in [5.41, 5.74) is 0. The smallest absolute Gasteiger partial charge is 0.309 e. The zero-order valence-corrected chi connectivity index (χ0v) is 13.4. The first-order valence-electron chi connectivity index (χ1n) is 8.19. The molecule has 130 valence electrons. The van der Waals surface area contributed by atoms with Crippen LogP contribution in [-0.2, 0) is 9.59 Å². The van der Waals surface area contributed by atoms with E-state index in [0.29, 0.717) is 25.7 Å². The highest BCUT2D eigenvalue weighted by Crippen LogP contribution is 2.20. The molecule has 3 atom stereocenters. The third-order valence-corrected chi connectivity index (χ3v) is 3.84. The SMILES string of the molecule is CCCCCCC(C(=O)O)C(O)CC(O)CCCCC(=O)O. The Hall–Kier alpha value is -1.14. The Labute approximate surface area is 132 Å². The van der Waals surface area contributed by atoms with Gasteiger partial charge in [0.15, 0.2) is 0 Å². The topological polar surface area (TPSA) is 115 Å². The van der Waals surface area contributed by atoms with Crippen molar-refractivity contribution in [3.63, 3.8) is 0 Å². The standard InChI is InChI=1S/C16H30O6/c1-2-3-4-5-9-13(16(21)22)14(18)11-12(17)8-6-7-10-15(19)20/h12-14,17-18H,2-11H2,1H3,(H,19,20)(H,21,22). The van der Waals surface area contributed by atoms with Gasteiger partial charge < -0.3 is 20.4 Å². The molecule has 6 nitrogen and oxygen atoms in total. The average Bonchev–Trinajstić information content (AvgIpc) is 2.42. The van der Waals surface area contributed by atoms with Gasteiger partial charge in [-0.25, -0.2) is 0 Å². The van der Waals surface area contributed by atoms with Gasteiger partial charge in [0, 0.05) is 12.8 Å². The predicted molar refractivity (Wildman–Crippen MR) is 82.6 cm³/mol.